The van der Waals surface area contributed by atoms with Gasteiger partial charge in [0.15, 0.2) is 0 Å². The number of carbonyl (C=O) groups is 1. The Morgan fingerprint density at radius 1 is 1.28 bits per heavy atom. The molecule has 0 amide bonds. The molecule has 0 aliphatic carbocycles. The standard InChI is InChI=1S/C15H21NO2/c1-4-18-15(17)12-16(10-13(2)3)11-14-8-6-5-7-9-14/h5-9H,2,4,10-12H2,1,3H3. The lowest BCUT2D eigenvalue weighted by Crippen LogP contribution is -2.31. The van der Waals surface area contributed by atoms with Crippen molar-refractivity contribution >= 4 is 5.97 Å². The van der Waals surface area contributed by atoms with Crippen LogP contribution < -0.4 is 0 Å². The zero-order valence-corrected chi connectivity index (χ0v) is 11.2. The van der Waals surface area contributed by atoms with Crippen molar-refractivity contribution in [2.24, 2.45) is 0 Å². The largest absolute Gasteiger partial charge is 0.465 e. The summed E-state index contributed by atoms with van der Waals surface area (Å²) in [6, 6.07) is 10.1. The SMILES string of the molecule is C=C(C)CN(CC(=O)OCC)Cc1ccccc1. The molecule has 3 nitrogen and oxygen atoms in total. The summed E-state index contributed by atoms with van der Waals surface area (Å²) in [6.07, 6.45) is 0. The van der Waals surface area contributed by atoms with Crippen LogP contribution in [0, 0.1) is 0 Å². The zero-order chi connectivity index (χ0) is 13.4. The van der Waals surface area contributed by atoms with Crippen molar-refractivity contribution in [3.05, 3.63) is 48.0 Å². The quantitative estimate of drug-likeness (QED) is 0.548. The zero-order valence-electron chi connectivity index (χ0n) is 11.2. The summed E-state index contributed by atoms with van der Waals surface area (Å²) >= 11 is 0. The predicted molar refractivity (Wildman–Crippen MR) is 73.2 cm³/mol. The van der Waals surface area contributed by atoms with Crippen LogP contribution in [0.25, 0.3) is 0 Å². The number of hydrogen-bond donors (Lipinski definition) is 0. The van der Waals surface area contributed by atoms with Crippen molar-refractivity contribution in [2.75, 3.05) is 19.7 Å². The van der Waals surface area contributed by atoms with Crippen LogP contribution in [0.5, 0.6) is 0 Å². The number of hydrogen-bond acceptors (Lipinski definition) is 3. The third-order valence-corrected chi connectivity index (χ3v) is 2.40. The Bertz CT molecular complexity index is 387. The van der Waals surface area contributed by atoms with E-state index < -0.39 is 0 Å². The molecule has 0 heterocycles. The summed E-state index contributed by atoms with van der Waals surface area (Å²) in [5, 5.41) is 0. The Labute approximate surface area is 109 Å². The van der Waals surface area contributed by atoms with Crippen LogP contribution in [0.2, 0.25) is 0 Å². The molecule has 0 aromatic heterocycles. The van der Waals surface area contributed by atoms with Gasteiger partial charge in [-0.25, -0.2) is 0 Å². The summed E-state index contributed by atoms with van der Waals surface area (Å²) in [4.78, 5) is 13.6. The van der Waals surface area contributed by atoms with Crippen molar-refractivity contribution in [3.63, 3.8) is 0 Å². The van der Waals surface area contributed by atoms with Gasteiger partial charge in [-0.2, -0.15) is 0 Å². The molecule has 0 unspecified atom stereocenters. The van der Waals surface area contributed by atoms with E-state index in [4.69, 9.17) is 4.74 Å². The number of ether oxygens (including phenoxy) is 1. The highest BCUT2D eigenvalue weighted by molar-refractivity contribution is 5.71. The van der Waals surface area contributed by atoms with Crippen LogP contribution in [-0.2, 0) is 16.1 Å². The molecule has 0 bridgehead atoms. The number of esters is 1. The van der Waals surface area contributed by atoms with Gasteiger partial charge in [0.2, 0.25) is 0 Å². The molecule has 0 radical (unpaired) electrons. The lowest BCUT2D eigenvalue weighted by molar-refractivity contribution is -0.144. The minimum absolute atomic E-state index is 0.185. The van der Waals surface area contributed by atoms with Gasteiger partial charge in [-0.05, 0) is 19.4 Å². The first-order chi connectivity index (χ1) is 8.61. The maximum atomic E-state index is 11.5. The van der Waals surface area contributed by atoms with Crippen molar-refractivity contribution in [2.45, 2.75) is 20.4 Å². The summed E-state index contributed by atoms with van der Waals surface area (Å²) in [7, 11) is 0. The van der Waals surface area contributed by atoms with E-state index in [2.05, 4.69) is 18.7 Å². The smallest absolute Gasteiger partial charge is 0.320 e. The molecule has 0 fully saturated rings. The Hall–Kier alpha value is -1.61. The Balaban J connectivity index is 2.60. The van der Waals surface area contributed by atoms with E-state index in [1.165, 1.54) is 5.56 Å². The second kappa shape index (κ2) is 7.67. The molecular formula is C15H21NO2. The van der Waals surface area contributed by atoms with Gasteiger partial charge in [-0.1, -0.05) is 42.5 Å². The average Bonchev–Trinajstić information content (AvgIpc) is 2.29. The molecule has 0 aliphatic rings. The highest BCUT2D eigenvalue weighted by atomic mass is 16.5. The first-order valence-corrected chi connectivity index (χ1v) is 6.18. The van der Waals surface area contributed by atoms with E-state index in [1.54, 1.807) is 0 Å². The summed E-state index contributed by atoms with van der Waals surface area (Å²) in [5.74, 6) is -0.185. The summed E-state index contributed by atoms with van der Waals surface area (Å²) in [6.45, 7) is 9.83. The monoisotopic (exact) mass is 247 g/mol. The van der Waals surface area contributed by atoms with Crippen LogP contribution in [0.15, 0.2) is 42.5 Å². The first-order valence-electron chi connectivity index (χ1n) is 6.18. The molecule has 18 heavy (non-hydrogen) atoms. The van der Waals surface area contributed by atoms with E-state index in [9.17, 15) is 4.79 Å². The van der Waals surface area contributed by atoms with Gasteiger partial charge in [0, 0.05) is 13.1 Å². The Morgan fingerprint density at radius 2 is 1.94 bits per heavy atom. The molecule has 0 saturated carbocycles. The van der Waals surface area contributed by atoms with E-state index in [1.807, 2.05) is 36.9 Å². The van der Waals surface area contributed by atoms with E-state index in [0.717, 1.165) is 12.1 Å². The van der Waals surface area contributed by atoms with E-state index >= 15 is 0 Å². The second-order valence-corrected chi connectivity index (χ2v) is 4.39. The Morgan fingerprint density at radius 3 is 2.50 bits per heavy atom. The molecule has 3 heteroatoms. The fraction of sp³-hybridized carbons (Fsp3) is 0.400. The number of nitrogens with zero attached hydrogens (tertiary/aromatic N) is 1. The molecule has 0 N–H and O–H groups in total. The summed E-state index contributed by atoms with van der Waals surface area (Å²) in [5.41, 5.74) is 2.22. The molecule has 1 aromatic rings. The maximum absolute atomic E-state index is 11.5. The van der Waals surface area contributed by atoms with Crippen LogP contribution in [-0.4, -0.2) is 30.6 Å². The second-order valence-electron chi connectivity index (χ2n) is 4.39. The third kappa shape index (κ3) is 5.64. The lowest BCUT2D eigenvalue weighted by atomic mass is 10.2. The van der Waals surface area contributed by atoms with Gasteiger partial charge >= 0.3 is 5.97 Å². The van der Waals surface area contributed by atoms with Gasteiger partial charge in [0.25, 0.3) is 0 Å². The average molecular weight is 247 g/mol. The fourth-order valence-electron chi connectivity index (χ4n) is 1.78. The summed E-state index contributed by atoms with van der Waals surface area (Å²) < 4.78 is 4.98. The fourth-order valence-corrected chi connectivity index (χ4v) is 1.78. The van der Waals surface area contributed by atoms with Gasteiger partial charge in [-0.15, -0.1) is 0 Å². The minimum Gasteiger partial charge on any atom is -0.465 e. The molecule has 0 saturated heterocycles. The van der Waals surface area contributed by atoms with Gasteiger partial charge in [0.1, 0.15) is 0 Å². The number of carbonyl (C=O) groups excluding carboxylic acids is 1. The molecule has 1 rings (SSSR count). The van der Waals surface area contributed by atoms with Crippen LogP contribution in [0.1, 0.15) is 19.4 Å². The van der Waals surface area contributed by atoms with Gasteiger partial charge in [0.05, 0.1) is 13.2 Å². The topological polar surface area (TPSA) is 29.5 Å². The number of rotatable bonds is 7. The predicted octanol–water partition coefficient (Wildman–Crippen LogP) is 2.63. The minimum atomic E-state index is -0.185. The first kappa shape index (κ1) is 14.5. The molecule has 0 aliphatic heterocycles. The number of benzene rings is 1. The third-order valence-electron chi connectivity index (χ3n) is 2.40. The highest BCUT2D eigenvalue weighted by Gasteiger charge is 2.12. The van der Waals surface area contributed by atoms with E-state index in [-0.39, 0.29) is 5.97 Å². The van der Waals surface area contributed by atoms with Crippen molar-refractivity contribution in [3.8, 4) is 0 Å². The lowest BCUT2D eigenvalue weighted by Gasteiger charge is -2.21. The van der Waals surface area contributed by atoms with Crippen molar-refractivity contribution in [1.82, 2.24) is 4.90 Å². The van der Waals surface area contributed by atoms with Crippen LogP contribution in [0.4, 0.5) is 0 Å². The van der Waals surface area contributed by atoms with Crippen LogP contribution >= 0.6 is 0 Å². The van der Waals surface area contributed by atoms with Gasteiger partial charge < -0.3 is 4.74 Å². The molecule has 0 spiro atoms. The van der Waals surface area contributed by atoms with Gasteiger partial charge in [-0.3, -0.25) is 9.69 Å². The Kier molecular flexibility index (Phi) is 6.15. The normalized spacial score (nSPS) is 10.4. The molecule has 1 aromatic carbocycles. The maximum Gasteiger partial charge on any atom is 0.320 e. The van der Waals surface area contributed by atoms with Crippen molar-refractivity contribution in [1.29, 1.82) is 0 Å². The van der Waals surface area contributed by atoms with Crippen LogP contribution in [0.3, 0.4) is 0 Å². The molecular weight excluding hydrogens is 226 g/mol. The molecule has 0 atom stereocenters. The molecule has 98 valence electrons. The van der Waals surface area contributed by atoms with E-state index in [0.29, 0.717) is 19.7 Å². The highest BCUT2D eigenvalue weighted by Crippen LogP contribution is 2.06. The van der Waals surface area contributed by atoms with Crippen molar-refractivity contribution < 1.29 is 9.53 Å².